The molecule has 0 aliphatic carbocycles. The Kier molecular flexibility index (Phi) is 5.70. The molecule has 0 unspecified atom stereocenters. The Morgan fingerprint density at radius 3 is 2.74 bits per heavy atom. The number of anilines is 1. The normalized spacial score (nSPS) is 10.8. The zero-order valence-corrected chi connectivity index (χ0v) is 15.6. The summed E-state index contributed by atoms with van der Waals surface area (Å²) in [6.45, 7) is 2.16. The lowest BCUT2D eigenvalue weighted by molar-refractivity contribution is -0.115. The first kappa shape index (κ1) is 18.8. The predicted octanol–water partition coefficient (Wildman–Crippen LogP) is 2.37. The van der Waals surface area contributed by atoms with Crippen LogP contribution in [0.3, 0.4) is 0 Å². The van der Waals surface area contributed by atoms with E-state index in [-0.39, 0.29) is 23.7 Å². The molecule has 9 heteroatoms. The van der Waals surface area contributed by atoms with Crippen LogP contribution in [0.15, 0.2) is 46.6 Å². The van der Waals surface area contributed by atoms with Crippen molar-refractivity contribution in [3.63, 3.8) is 0 Å². The molecular formula is C18H18FN5O2S. The minimum atomic E-state index is -0.330. The molecule has 2 N–H and O–H groups in total. The molecule has 0 radical (unpaired) electrons. The third kappa shape index (κ3) is 4.82. The first-order valence-corrected chi connectivity index (χ1v) is 9.37. The second-order valence-corrected chi connectivity index (χ2v) is 6.71. The van der Waals surface area contributed by atoms with Crippen molar-refractivity contribution in [2.24, 2.45) is 0 Å². The van der Waals surface area contributed by atoms with Crippen molar-refractivity contribution in [2.75, 3.05) is 11.6 Å². The number of aryl methyl sites for hydroxylation is 1. The fraction of sp³-hybridized carbons (Fsp3) is 0.222. The molecule has 1 aromatic carbocycles. The number of hydrogen-bond acceptors (Lipinski definition) is 5. The van der Waals surface area contributed by atoms with Crippen LogP contribution in [-0.2, 0) is 17.8 Å². The van der Waals surface area contributed by atoms with Gasteiger partial charge < -0.3 is 10.3 Å². The van der Waals surface area contributed by atoms with Crippen LogP contribution in [0.25, 0.3) is 0 Å². The van der Waals surface area contributed by atoms with Gasteiger partial charge >= 0.3 is 0 Å². The number of H-pyrrole nitrogens is 1. The van der Waals surface area contributed by atoms with Gasteiger partial charge in [-0.3, -0.25) is 14.3 Å². The van der Waals surface area contributed by atoms with Crippen LogP contribution in [0, 0.1) is 12.7 Å². The SMILES string of the molecule is CSc1nc(C)c(CC(=O)Nc2cnn(Cc3ccc(F)cc3)c2)c(=O)[nH]1. The quantitative estimate of drug-likeness (QED) is 0.500. The molecule has 0 aliphatic heterocycles. The molecule has 3 rings (SSSR count). The molecule has 2 aromatic heterocycles. The van der Waals surface area contributed by atoms with E-state index in [4.69, 9.17) is 0 Å². The van der Waals surface area contributed by atoms with Crippen molar-refractivity contribution in [1.82, 2.24) is 19.7 Å². The molecule has 0 bridgehead atoms. The molecule has 0 atom stereocenters. The van der Waals surface area contributed by atoms with E-state index < -0.39 is 0 Å². The average molecular weight is 387 g/mol. The number of thioether (sulfide) groups is 1. The summed E-state index contributed by atoms with van der Waals surface area (Å²) < 4.78 is 14.6. The number of carbonyl (C=O) groups excluding carboxylic acids is 1. The number of aromatic nitrogens is 4. The Bertz CT molecular complexity index is 1010. The van der Waals surface area contributed by atoms with E-state index in [1.54, 1.807) is 29.9 Å². The van der Waals surface area contributed by atoms with Crippen LogP contribution < -0.4 is 10.9 Å². The van der Waals surface area contributed by atoms with E-state index in [9.17, 15) is 14.0 Å². The van der Waals surface area contributed by atoms with Gasteiger partial charge in [0, 0.05) is 17.5 Å². The number of hydrogen-bond donors (Lipinski definition) is 2. The molecule has 140 valence electrons. The van der Waals surface area contributed by atoms with E-state index in [1.165, 1.54) is 30.1 Å². The number of halogens is 1. The average Bonchev–Trinajstić information content (AvgIpc) is 3.06. The molecule has 7 nitrogen and oxygen atoms in total. The predicted molar refractivity (Wildman–Crippen MR) is 101 cm³/mol. The summed E-state index contributed by atoms with van der Waals surface area (Å²) in [7, 11) is 0. The summed E-state index contributed by atoms with van der Waals surface area (Å²) in [6.07, 6.45) is 4.93. The lowest BCUT2D eigenvalue weighted by Crippen LogP contribution is -2.23. The maximum absolute atomic E-state index is 13.0. The summed E-state index contributed by atoms with van der Waals surface area (Å²) in [5.74, 6) is -0.624. The van der Waals surface area contributed by atoms with Crippen molar-refractivity contribution in [1.29, 1.82) is 0 Å². The number of nitrogens with zero attached hydrogens (tertiary/aromatic N) is 3. The van der Waals surface area contributed by atoms with E-state index in [0.717, 1.165) is 5.56 Å². The first-order valence-electron chi connectivity index (χ1n) is 8.15. The van der Waals surface area contributed by atoms with Crippen LogP contribution >= 0.6 is 11.8 Å². The van der Waals surface area contributed by atoms with Gasteiger partial charge in [-0.25, -0.2) is 9.37 Å². The summed E-state index contributed by atoms with van der Waals surface area (Å²) in [4.78, 5) is 31.3. The molecular weight excluding hydrogens is 369 g/mol. The van der Waals surface area contributed by atoms with Gasteiger partial charge in [0.05, 0.1) is 24.8 Å². The zero-order chi connectivity index (χ0) is 19.4. The molecule has 0 fully saturated rings. The Morgan fingerprint density at radius 2 is 2.07 bits per heavy atom. The Balaban J connectivity index is 1.64. The van der Waals surface area contributed by atoms with Crippen molar-refractivity contribution in [3.8, 4) is 0 Å². The number of carbonyl (C=O) groups is 1. The molecule has 3 aromatic rings. The highest BCUT2D eigenvalue weighted by atomic mass is 32.2. The van der Waals surface area contributed by atoms with Gasteiger partial charge in [0.25, 0.3) is 5.56 Å². The van der Waals surface area contributed by atoms with Gasteiger partial charge in [-0.05, 0) is 30.9 Å². The van der Waals surface area contributed by atoms with Crippen molar-refractivity contribution in [3.05, 3.63) is 69.7 Å². The highest BCUT2D eigenvalue weighted by Crippen LogP contribution is 2.11. The number of aromatic amines is 1. The lowest BCUT2D eigenvalue weighted by Gasteiger charge is -2.06. The summed E-state index contributed by atoms with van der Waals surface area (Å²) in [5, 5.41) is 7.42. The zero-order valence-electron chi connectivity index (χ0n) is 14.8. The van der Waals surface area contributed by atoms with E-state index in [2.05, 4.69) is 20.4 Å². The van der Waals surface area contributed by atoms with Crippen LogP contribution in [-0.4, -0.2) is 31.9 Å². The largest absolute Gasteiger partial charge is 0.323 e. The third-order valence-electron chi connectivity index (χ3n) is 3.91. The van der Waals surface area contributed by atoms with E-state index in [0.29, 0.717) is 28.6 Å². The molecule has 0 saturated carbocycles. The fourth-order valence-electron chi connectivity index (χ4n) is 2.55. The Labute approximate surface area is 159 Å². The van der Waals surface area contributed by atoms with Crippen molar-refractivity contribution < 1.29 is 9.18 Å². The van der Waals surface area contributed by atoms with Gasteiger partial charge in [-0.2, -0.15) is 5.10 Å². The summed E-state index contributed by atoms with van der Waals surface area (Å²) in [5.41, 5.74) is 1.97. The van der Waals surface area contributed by atoms with Crippen LogP contribution in [0.4, 0.5) is 10.1 Å². The second kappa shape index (κ2) is 8.17. The standard InChI is InChI=1S/C18H18FN5O2S/c1-11-15(17(26)23-18(21-11)27-2)7-16(25)22-14-8-20-24(10-14)9-12-3-5-13(19)6-4-12/h3-6,8,10H,7,9H2,1-2H3,(H,22,25)(H,21,23,26). The van der Waals surface area contributed by atoms with Gasteiger partial charge in [0.1, 0.15) is 5.82 Å². The smallest absolute Gasteiger partial charge is 0.255 e. The highest BCUT2D eigenvalue weighted by Gasteiger charge is 2.13. The molecule has 0 spiro atoms. The van der Waals surface area contributed by atoms with Crippen LogP contribution in [0.2, 0.25) is 0 Å². The van der Waals surface area contributed by atoms with E-state index in [1.807, 2.05) is 6.26 Å². The minimum Gasteiger partial charge on any atom is -0.323 e. The molecule has 0 saturated heterocycles. The molecule has 0 aliphatic rings. The van der Waals surface area contributed by atoms with Crippen LogP contribution in [0.5, 0.6) is 0 Å². The second-order valence-electron chi connectivity index (χ2n) is 5.92. The lowest BCUT2D eigenvalue weighted by atomic mass is 10.1. The molecule has 27 heavy (non-hydrogen) atoms. The van der Waals surface area contributed by atoms with Gasteiger partial charge in [-0.15, -0.1) is 0 Å². The maximum Gasteiger partial charge on any atom is 0.255 e. The van der Waals surface area contributed by atoms with Crippen molar-refractivity contribution >= 4 is 23.4 Å². The molecule has 2 heterocycles. The summed E-state index contributed by atoms with van der Waals surface area (Å²) >= 11 is 1.33. The Morgan fingerprint density at radius 1 is 1.33 bits per heavy atom. The minimum absolute atomic E-state index is 0.0774. The number of nitrogens with one attached hydrogen (secondary N) is 2. The number of rotatable bonds is 6. The highest BCUT2D eigenvalue weighted by molar-refractivity contribution is 7.98. The van der Waals surface area contributed by atoms with Gasteiger partial charge in [0.2, 0.25) is 5.91 Å². The molecule has 1 amide bonds. The van der Waals surface area contributed by atoms with Gasteiger partial charge in [-0.1, -0.05) is 23.9 Å². The maximum atomic E-state index is 13.0. The number of benzene rings is 1. The first-order chi connectivity index (χ1) is 12.9. The van der Waals surface area contributed by atoms with Crippen molar-refractivity contribution in [2.45, 2.75) is 25.0 Å². The van der Waals surface area contributed by atoms with Crippen LogP contribution in [0.1, 0.15) is 16.8 Å². The monoisotopic (exact) mass is 387 g/mol. The third-order valence-corrected chi connectivity index (χ3v) is 4.49. The number of amides is 1. The topological polar surface area (TPSA) is 92.7 Å². The fourth-order valence-corrected chi connectivity index (χ4v) is 2.97. The Hall–Kier alpha value is -2.94. The summed E-state index contributed by atoms with van der Waals surface area (Å²) in [6, 6.07) is 6.13. The van der Waals surface area contributed by atoms with E-state index >= 15 is 0 Å². The van der Waals surface area contributed by atoms with Gasteiger partial charge in [0.15, 0.2) is 5.16 Å².